The Hall–Kier alpha value is -3.73. The average Bonchev–Trinajstić information content (AvgIpc) is 3.11. The van der Waals surface area contributed by atoms with E-state index in [2.05, 4.69) is 84.6 Å². The zero-order valence-electron chi connectivity index (χ0n) is 19.5. The number of pyridine rings is 2. The number of hydrogen-bond donors (Lipinski definition) is 0. The predicted molar refractivity (Wildman–Crippen MR) is 135 cm³/mol. The van der Waals surface area contributed by atoms with Gasteiger partial charge in [-0.1, -0.05) is 54.6 Å². The Labute approximate surface area is 195 Å². The zero-order chi connectivity index (χ0) is 23.0. The summed E-state index contributed by atoms with van der Waals surface area (Å²) in [5, 5.41) is 8.77. The quantitative estimate of drug-likeness (QED) is 0.314. The molecule has 2 aromatic heterocycles. The molecule has 33 heavy (non-hydrogen) atoms. The first kappa shape index (κ1) is 22.5. The van der Waals surface area contributed by atoms with Gasteiger partial charge in [-0.2, -0.15) is 0 Å². The molecule has 5 heteroatoms. The number of ether oxygens (including phenoxy) is 1. The highest BCUT2D eigenvalue weighted by Gasteiger charge is 2.16. The maximum Gasteiger partial charge on any atom is 0.213 e. The summed E-state index contributed by atoms with van der Waals surface area (Å²) < 4.78 is 6.21. The molecule has 3 aromatic rings. The molecule has 0 fully saturated rings. The van der Waals surface area contributed by atoms with Crippen molar-refractivity contribution in [2.24, 2.45) is 5.10 Å². The molecule has 2 heterocycles. The lowest BCUT2D eigenvalue weighted by molar-refractivity contribution is 0.258. The minimum Gasteiger partial charge on any atom is -0.474 e. The molecule has 0 aliphatic heterocycles. The van der Waals surface area contributed by atoms with E-state index in [4.69, 9.17) is 9.72 Å². The summed E-state index contributed by atoms with van der Waals surface area (Å²) in [5.41, 5.74) is 4.29. The molecule has 1 aliphatic carbocycles. The molecule has 0 saturated carbocycles. The number of benzene rings is 1. The van der Waals surface area contributed by atoms with Crippen LogP contribution < -0.4 is 10.6 Å². The van der Waals surface area contributed by atoms with Gasteiger partial charge in [-0.05, 0) is 54.8 Å². The fraction of sp³-hybridized carbons (Fsp3) is 0.250. The van der Waals surface area contributed by atoms with E-state index in [-0.39, 0.29) is 5.92 Å². The molecule has 168 valence electrons. The summed E-state index contributed by atoms with van der Waals surface area (Å²) in [4.78, 5) is 8.97. The van der Waals surface area contributed by atoms with Crippen molar-refractivity contribution in [2.75, 3.05) is 13.6 Å². The molecule has 1 atom stereocenters. The van der Waals surface area contributed by atoms with Crippen LogP contribution >= 0.6 is 0 Å². The number of allylic oxidation sites excluding steroid dienone is 2. The summed E-state index contributed by atoms with van der Waals surface area (Å²) in [6.45, 7) is 5.44. The second-order valence-electron chi connectivity index (χ2n) is 8.11. The normalized spacial score (nSPS) is 13.8. The maximum atomic E-state index is 6.21. The number of hydrogen-bond acceptors (Lipinski definition) is 5. The van der Waals surface area contributed by atoms with E-state index in [1.165, 1.54) is 0 Å². The highest BCUT2D eigenvalue weighted by molar-refractivity contribution is 5.83. The third-order valence-corrected chi connectivity index (χ3v) is 5.76. The second-order valence-corrected chi connectivity index (χ2v) is 8.11. The lowest BCUT2D eigenvalue weighted by atomic mass is 10.0. The van der Waals surface area contributed by atoms with E-state index in [1.54, 1.807) is 12.4 Å². The van der Waals surface area contributed by atoms with Crippen LogP contribution in [0.2, 0.25) is 0 Å². The smallest absolute Gasteiger partial charge is 0.213 e. The highest BCUT2D eigenvalue weighted by Crippen LogP contribution is 2.20. The van der Waals surface area contributed by atoms with Gasteiger partial charge in [0, 0.05) is 31.5 Å². The lowest BCUT2D eigenvalue weighted by Gasteiger charge is -2.19. The maximum absolute atomic E-state index is 6.21. The minimum absolute atomic E-state index is 0.0348. The van der Waals surface area contributed by atoms with Crippen LogP contribution in [0.25, 0.3) is 23.4 Å². The van der Waals surface area contributed by atoms with Gasteiger partial charge in [-0.3, -0.25) is 9.99 Å². The summed E-state index contributed by atoms with van der Waals surface area (Å²) in [6, 6.07) is 16.6. The fourth-order valence-corrected chi connectivity index (χ4v) is 3.58. The van der Waals surface area contributed by atoms with Crippen molar-refractivity contribution >= 4 is 18.0 Å². The summed E-state index contributed by atoms with van der Waals surface area (Å²) in [6.07, 6.45) is 13.0. The Bertz CT molecular complexity index is 1250. The molecular formula is C28H30N4O. The summed E-state index contributed by atoms with van der Waals surface area (Å²) in [7, 11) is 1.95. The number of hydrazone groups is 1. The van der Waals surface area contributed by atoms with Crippen molar-refractivity contribution in [2.45, 2.75) is 32.8 Å². The van der Waals surface area contributed by atoms with Crippen LogP contribution in [0.3, 0.4) is 0 Å². The molecule has 0 saturated heterocycles. The third-order valence-electron chi connectivity index (χ3n) is 5.76. The Morgan fingerprint density at radius 3 is 2.64 bits per heavy atom. The van der Waals surface area contributed by atoms with E-state index in [0.717, 1.165) is 45.9 Å². The van der Waals surface area contributed by atoms with Crippen LogP contribution in [0.5, 0.6) is 0 Å². The lowest BCUT2D eigenvalue weighted by Crippen LogP contribution is -2.27. The van der Waals surface area contributed by atoms with Crippen LogP contribution in [0.1, 0.15) is 37.3 Å². The SMILES string of the molecule is CCN(C)/N=C(/OCc1ccc(-c2ccc3c(n2)=CCC=CC=3)cc1)C(C)c1ccncc1. The minimum atomic E-state index is 0.0348. The van der Waals surface area contributed by atoms with Gasteiger partial charge < -0.3 is 4.74 Å². The summed E-state index contributed by atoms with van der Waals surface area (Å²) >= 11 is 0. The van der Waals surface area contributed by atoms with E-state index >= 15 is 0 Å². The van der Waals surface area contributed by atoms with Crippen molar-refractivity contribution in [1.82, 2.24) is 15.0 Å². The molecule has 0 spiro atoms. The predicted octanol–water partition coefficient (Wildman–Crippen LogP) is 4.25. The zero-order valence-corrected chi connectivity index (χ0v) is 19.5. The van der Waals surface area contributed by atoms with Crippen molar-refractivity contribution in [1.29, 1.82) is 0 Å². The van der Waals surface area contributed by atoms with E-state index < -0.39 is 0 Å². The van der Waals surface area contributed by atoms with Gasteiger partial charge in [-0.15, -0.1) is 5.10 Å². The van der Waals surface area contributed by atoms with E-state index in [1.807, 2.05) is 24.2 Å². The summed E-state index contributed by atoms with van der Waals surface area (Å²) in [5.74, 6) is 0.732. The van der Waals surface area contributed by atoms with Gasteiger partial charge in [0.05, 0.1) is 17.0 Å². The van der Waals surface area contributed by atoms with Crippen molar-refractivity contribution < 1.29 is 4.74 Å². The average molecular weight is 439 g/mol. The largest absolute Gasteiger partial charge is 0.474 e. The van der Waals surface area contributed by atoms with Gasteiger partial charge in [0.1, 0.15) is 6.61 Å². The number of fused-ring (bicyclic) bond motifs is 1. The third kappa shape index (κ3) is 5.75. The molecule has 0 amide bonds. The number of rotatable bonds is 7. The Kier molecular flexibility index (Phi) is 7.30. The first-order chi connectivity index (χ1) is 16.1. The standard InChI is InChI=1S/C28H30N4O/c1-4-32(3)31-28(21(2)23-16-18-29-19-17-23)33-20-22-10-12-25(13-11-22)27-15-14-24-8-6-5-7-9-26(24)30-27/h5-6,8-19,21H,4,7,20H2,1-3H3/b31-28+. The molecule has 0 N–H and O–H groups in total. The Morgan fingerprint density at radius 2 is 1.88 bits per heavy atom. The molecule has 5 nitrogen and oxygen atoms in total. The monoisotopic (exact) mass is 438 g/mol. The Morgan fingerprint density at radius 1 is 1.09 bits per heavy atom. The number of aromatic nitrogens is 2. The molecule has 1 aliphatic rings. The van der Waals surface area contributed by atoms with Crippen LogP contribution in [0, 0.1) is 0 Å². The molecule has 1 unspecified atom stereocenters. The van der Waals surface area contributed by atoms with Crippen LogP contribution in [-0.4, -0.2) is 34.5 Å². The van der Waals surface area contributed by atoms with Gasteiger partial charge in [0.25, 0.3) is 0 Å². The van der Waals surface area contributed by atoms with Crippen molar-refractivity contribution in [3.63, 3.8) is 0 Å². The first-order valence-corrected chi connectivity index (χ1v) is 11.4. The number of nitrogens with zero attached hydrogens (tertiary/aromatic N) is 4. The second kappa shape index (κ2) is 10.7. The van der Waals surface area contributed by atoms with Crippen LogP contribution in [-0.2, 0) is 11.3 Å². The van der Waals surface area contributed by atoms with Gasteiger partial charge in [0.15, 0.2) is 0 Å². The molecule has 4 rings (SSSR count). The van der Waals surface area contributed by atoms with Gasteiger partial charge in [-0.25, -0.2) is 4.98 Å². The molecule has 0 bridgehead atoms. The fourth-order valence-electron chi connectivity index (χ4n) is 3.58. The molecular weight excluding hydrogens is 408 g/mol. The highest BCUT2D eigenvalue weighted by atomic mass is 16.5. The Balaban J connectivity index is 1.49. The van der Waals surface area contributed by atoms with E-state index in [9.17, 15) is 0 Å². The molecule has 1 aromatic carbocycles. The van der Waals surface area contributed by atoms with Crippen molar-refractivity contribution in [3.05, 3.63) is 94.8 Å². The molecule has 0 radical (unpaired) electrons. The topological polar surface area (TPSA) is 50.6 Å². The van der Waals surface area contributed by atoms with Gasteiger partial charge in [0.2, 0.25) is 5.90 Å². The van der Waals surface area contributed by atoms with E-state index in [0.29, 0.717) is 12.5 Å². The van der Waals surface area contributed by atoms with Gasteiger partial charge >= 0.3 is 0 Å². The van der Waals surface area contributed by atoms with Crippen LogP contribution in [0.4, 0.5) is 0 Å². The first-order valence-electron chi connectivity index (χ1n) is 11.4. The van der Waals surface area contributed by atoms with Crippen molar-refractivity contribution in [3.8, 4) is 11.3 Å². The van der Waals surface area contributed by atoms with Crippen LogP contribution in [0.15, 0.2) is 78.2 Å².